The van der Waals surface area contributed by atoms with Crippen LogP contribution in [0.4, 0.5) is 23.2 Å². The molecule has 356 valence electrons. The van der Waals surface area contributed by atoms with E-state index in [1.54, 1.807) is 12.3 Å². The van der Waals surface area contributed by atoms with Crippen molar-refractivity contribution in [2.75, 3.05) is 44.2 Å². The number of aryl methyl sites for hydroxylation is 1. The molecule has 0 bridgehead atoms. The molecular formula is C47H48ClF4N11O5. The van der Waals surface area contributed by atoms with E-state index in [1.165, 1.54) is 22.5 Å². The molecule has 6 heterocycles. The van der Waals surface area contributed by atoms with Gasteiger partial charge >= 0.3 is 6.18 Å². The van der Waals surface area contributed by atoms with Gasteiger partial charge in [-0.15, -0.1) is 0 Å². The molecular weight excluding hydrogens is 910 g/mol. The summed E-state index contributed by atoms with van der Waals surface area (Å²) in [5, 5.41) is 15.8. The Balaban J connectivity index is 0.748. The minimum atomic E-state index is -4.55. The van der Waals surface area contributed by atoms with E-state index in [4.69, 9.17) is 11.6 Å². The quantitative estimate of drug-likeness (QED) is 0.109. The van der Waals surface area contributed by atoms with Crippen molar-refractivity contribution < 1.29 is 41.5 Å². The number of aromatic nitrogens is 5. The van der Waals surface area contributed by atoms with Crippen LogP contribution in [0.1, 0.15) is 93.4 Å². The van der Waals surface area contributed by atoms with Gasteiger partial charge in [0.05, 0.1) is 45.8 Å². The molecule has 3 N–H and O–H groups in total. The van der Waals surface area contributed by atoms with Crippen LogP contribution in [-0.4, -0.2) is 127 Å². The van der Waals surface area contributed by atoms with Gasteiger partial charge in [0.25, 0.3) is 17.7 Å². The highest BCUT2D eigenvalue weighted by Crippen LogP contribution is 2.39. The highest BCUT2D eigenvalue weighted by Gasteiger charge is 2.51. The number of halogens is 5. The number of alkyl halides is 3. The van der Waals surface area contributed by atoms with Crippen molar-refractivity contribution in [1.82, 2.24) is 50.3 Å². The van der Waals surface area contributed by atoms with Gasteiger partial charge in [-0.3, -0.25) is 49.1 Å². The fourth-order valence-electron chi connectivity index (χ4n) is 9.30. The van der Waals surface area contributed by atoms with E-state index < -0.39 is 58.8 Å². The normalized spacial score (nSPS) is 18.9. The number of aromatic amines is 1. The van der Waals surface area contributed by atoms with Gasteiger partial charge in [0, 0.05) is 56.9 Å². The molecule has 0 saturated carbocycles. The molecule has 0 spiro atoms. The Morgan fingerprint density at radius 3 is 2.25 bits per heavy atom. The topological polar surface area (TPSA) is 182 Å². The molecule has 68 heavy (non-hydrogen) atoms. The zero-order valence-corrected chi connectivity index (χ0v) is 38.2. The number of piperidine rings is 2. The van der Waals surface area contributed by atoms with Crippen molar-refractivity contribution in [2.24, 2.45) is 0 Å². The fourth-order valence-corrected chi connectivity index (χ4v) is 9.56. The Kier molecular flexibility index (Phi) is 12.5. The molecule has 5 amide bonds. The first-order valence-corrected chi connectivity index (χ1v) is 22.7. The van der Waals surface area contributed by atoms with E-state index in [1.807, 2.05) is 30.0 Å². The van der Waals surface area contributed by atoms with Gasteiger partial charge in [0.15, 0.2) is 5.82 Å². The van der Waals surface area contributed by atoms with Gasteiger partial charge < -0.3 is 10.2 Å². The summed E-state index contributed by atoms with van der Waals surface area (Å²) < 4.78 is 57.3. The number of hydrogen-bond acceptors (Lipinski definition) is 11. The summed E-state index contributed by atoms with van der Waals surface area (Å²) in [5.41, 5.74) is 2.67. The lowest BCUT2D eigenvalue weighted by atomic mass is 9.92. The molecule has 1 atom stereocenters. The second-order valence-corrected chi connectivity index (χ2v) is 18.6. The Labute approximate surface area is 393 Å². The third-order valence-electron chi connectivity index (χ3n) is 13.5. The molecule has 21 heteroatoms. The highest BCUT2D eigenvalue weighted by molar-refractivity contribution is 6.33. The van der Waals surface area contributed by atoms with Gasteiger partial charge in [0.1, 0.15) is 23.1 Å². The second kappa shape index (κ2) is 18.2. The minimum absolute atomic E-state index is 0.00354. The van der Waals surface area contributed by atoms with E-state index in [0.29, 0.717) is 42.9 Å². The van der Waals surface area contributed by atoms with Crippen molar-refractivity contribution in [3.8, 4) is 16.8 Å². The molecule has 9 rings (SSSR count). The Bertz CT molecular complexity index is 2810. The SMILES string of the molecule is Cc1cc(-c2ccc(CN3CCC(N4CCN(c5cc6c(cc5F)C(=O)N(C5CCC(=O)NC5=O)C6=O)CC4)CC3)cc2)c(Cl)cc1-n1cc(C(=O)NCc2nc(C(C)(C)C(F)(F)F)n[nH]2)cn1. The summed E-state index contributed by atoms with van der Waals surface area (Å²) in [7, 11) is 0. The molecule has 0 radical (unpaired) electrons. The molecule has 2 aromatic heterocycles. The lowest BCUT2D eigenvalue weighted by molar-refractivity contribution is -0.182. The van der Waals surface area contributed by atoms with Crippen LogP contribution in [0.15, 0.2) is 60.9 Å². The Hall–Kier alpha value is -6.51. The monoisotopic (exact) mass is 957 g/mol. The molecule has 4 aliphatic rings. The molecule has 3 saturated heterocycles. The largest absolute Gasteiger partial charge is 0.401 e. The summed E-state index contributed by atoms with van der Waals surface area (Å²) in [4.78, 5) is 75.1. The number of anilines is 1. The number of carbonyl (C=O) groups excluding carboxylic acids is 5. The van der Waals surface area contributed by atoms with E-state index in [2.05, 4.69) is 52.8 Å². The van der Waals surface area contributed by atoms with Crippen LogP contribution in [0.2, 0.25) is 5.02 Å². The average Bonchev–Trinajstić information content (AvgIpc) is 4.06. The summed E-state index contributed by atoms with van der Waals surface area (Å²) >= 11 is 6.84. The average molecular weight is 958 g/mol. The van der Waals surface area contributed by atoms with Gasteiger partial charge in [-0.1, -0.05) is 35.9 Å². The first-order chi connectivity index (χ1) is 32.4. The molecule has 1 unspecified atom stereocenters. The van der Waals surface area contributed by atoms with Crippen molar-refractivity contribution in [1.29, 1.82) is 0 Å². The predicted molar refractivity (Wildman–Crippen MR) is 241 cm³/mol. The molecule has 3 fully saturated rings. The number of nitrogens with one attached hydrogen (secondary N) is 3. The fraction of sp³-hybridized carbons (Fsp3) is 0.404. The summed E-state index contributed by atoms with van der Waals surface area (Å²) in [5.74, 6) is -4.01. The third kappa shape index (κ3) is 8.99. The Morgan fingerprint density at radius 2 is 1.57 bits per heavy atom. The van der Waals surface area contributed by atoms with Crippen LogP contribution in [0.25, 0.3) is 16.8 Å². The van der Waals surface area contributed by atoms with Crippen LogP contribution >= 0.6 is 11.6 Å². The maximum Gasteiger partial charge on any atom is 0.401 e. The van der Waals surface area contributed by atoms with Crippen LogP contribution < -0.4 is 15.5 Å². The van der Waals surface area contributed by atoms with Crippen molar-refractivity contribution in [3.05, 3.63) is 111 Å². The maximum absolute atomic E-state index is 15.5. The van der Waals surface area contributed by atoms with Crippen molar-refractivity contribution >= 4 is 46.8 Å². The van der Waals surface area contributed by atoms with Gasteiger partial charge in [-0.05, 0) is 94.1 Å². The summed E-state index contributed by atoms with van der Waals surface area (Å²) in [6.45, 7) is 8.87. The first kappa shape index (κ1) is 46.6. The number of nitrogens with zero attached hydrogens (tertiary/aromatic N) is 8. The zero-order valence-electron chi connectivity index (χ0n) is 37.4. The number of likely N-dealkylation sites (tertiary alicyclic amines) is 1. The van der Waals surface area contributed by atoms with E-state index in [9.17, 15) is 37.1 Å². The summed E-state index contributed by atoms with van der Waals surface area (Å²) in [6.07, 6.45) is 0.381. The number of piperazine rings is 1. The number of benzene rings is 3. The number of carbonyl (C=O) groups is 5. The van der Waals surface area contributed by atoms with Crippen molar-refractivity contribution in [2.45, 2.75) is 83.2 Å². The van der Waals surface area contributed by atoms with Crippen LogP contribution in [0, 0.1) is 12.7 Å². The number of fused-ring (bicyclic) bond motifs is 1. The number of rotatable bonds is 11. The van der Waals surface area contributed by atoms with Crippen LogP contribution in [0.5, 0.6) is 0 Å². The highest BCUT2D eigenvalue weighted by atomic mass is 35.5. The van der Waals surface area contributed by atoms with Crippen LogP contribution in [0.3, 0.4) is 0 Å². The molecule has 5 aromatic rings. The van der Waals surface area contributed by atoms with Crippen molar-refractivity contribution in [3.63, 3.8) is 0 Å². The van der Waals surface area contributed by atoms with E-state index in [-0.39, 0.29) is 47.6 Å². The Morgan fingerprint density at radius 1 is 0.882 bits per heavy atom. The smallest absolute Gasteiger partial charge is 0.367 e. The maximum atomic E-state index is 15.5. The van der Waals surface area contributed by atoms with Gasteiger partial charge in [0.2, 0.25) is 11.8 Å². The lowest BCUT2D eigenvalue weighted by Crippen LogP contribution is -2.54. The van der Waals surface area contributed by atoms with Crippen LogP contribution in [-0.2, 0) is 28.1 Å². The number of imide groups is 2. The first-order valence-electron chi connectivity index (χ1n) is 22.3. The zero-order chi connectivity index (χ0) is 48.2. The molecule has 3 aromatic carbocycles. The number of H-pyrrole nitrogens is 1. The third-order valence-corrected chi connectivity index (χ3v) is 13.8. The predicted octanol–water partition coefficient (Wildman–Crippen LogP) is 5.72. The molecule has 16 nitrogen and oxygen atoms in total. The van der Waals surface area contributed by atoms with Gasteiger partial charge in [-0.2, -0.15) is 23.4 Å². The number of amides is 5. The molecule has 4 aliphatic heterocycles. The standard InChI is InChI=1S/C47H48ClF4N11O5/c1-26-18-31(34(48)21-37(26)62-25-29(22-54-62)41(65)53-23-39-55-45(58-57-39)46(2,3)47(50,51)52)28-6-4-27(5-7-28)24-59-12-10-30(11-13-59)60-14-16-61(17-15-60)38-20-33-32(19-35(38)49)43(67)63(44(33)68)36-8-9-40(64)56-42(36)66/h4-7,18-22,25,30,36H,8-17,23-24H2,1-3H3,(H,53,65)(H,55,57,58)(H,56,64,66). The number of hydrogen-bond donors (Lipinski definition) is 3. The van der Waals surface area contributed by atoms with Gasteiger partial charge in [-0.25, -0.2) is 14.1 Å². The molecule has 0 aliphatic carbocycles. The summed E-state index contributed by atoms with van der Waals surface area (Å²) in [6, 6.07) is 13.8. The van der Waals surface area contributed by atoms with E-state index in [0.717, 1.165) is 74.0 Å². The van der Waals surface area contributed by atoms with E-state index >= 15 is 4.39 Å². The second-order valence-electron chi connectivity index (χ2n) is 18.2. The lowest BCUT2D eigenvalue weighted by Gasteiger charge is -2.43. The minimum Gasteiger partial charge on any atom is -0.367 e.